The van der Waals surface area contributed by atoms with Crippen LogP contribution < -0.4 is 0 Å². The molecule has 0 unspecified atom stereocenters. The van der Waals surface area contributed by atoms with Crippen LogP contribution in [0.3, 0.4) is 0 Å². The molecule has 0 fully saturated rings. The molecule has 0 N–H and O–H groups in total. The molecule has 37 heavy (non-hydrogen) atoms. The number of hydrogen-bond acceptors (Lipinski definition) is 1. The summed E-state index contributed by atoms with van der Waals surface area (Å²) < 4.78 is 2.45. The summed E-state index contributed by atoms with van der Waals surface area (Å²) in [5.74, 6) is 0. The number of pyridine rings is 1. The molecule has 0 atom stereocenters. The Morgan fingerprint density at radius 1 is 0.432 bits per heavy atom. The highest BCUT2D eigenvalue weighted by Crippen LogP contribution is 2.44. The molecule has 0 aliphatic carbocycles. The van der Waals surface area contributed by atoms with Crippen molar-refractivity contribution in [3.63, 3.8) is 0 Å². The van der Waals surface area contributed by atoms with Gasteiger partial charge in [0.1, 0.15) is 0 Å². The smallest absolute Gasteiger partial charge is 0.0572 e. The highest BCUT2D eigenvalue weighted by molar-refractivity contribution is 6.33. The third-order valence-corrected chi connectivity index (χ3v) is 8.16. The van der Waals surface area contributed by atoms with E-state index in [9.17, 15) is 0 Å². The SMILES string of the molecule is c1ccc2c(c1)cc(-n1c3ccncc3c3c4ccc5cccc6ccc(cc31)c4c65)c1ccccc12. The largest absolute Gasteiger partial charge is 0.308 e. The van der Waals surface area contributed by atoms with Crippen LogP contribution in [0.15, 0.2) is 122 Å². The van der Waals surface area contributed by atoms with Crippen LogP contribution in [0.2, 0.25) is 0 Å². The first-order valence-electron chi connectivity index (χ1n) is 12.7. The van der Waals surface area contributed by atoms with Crippen molar-refractivity contribution in [3.8, 4) is 5.69 Å². The van der Waals surface area contributed by atoms with Crippen LogP contribution in [0.25, 0.3) is 81.4 Å². The lowest BCUT2D eigenvalue weighted by Crippen LogP contribution is -1.96. The Bertz CT molecular complexity index is 2340. The number of benzene rings is 7. The molecule has 2 heteroatoms. The van der Waals surface area contributed by atoms with Gasteiger partial charge in [0.05, 0.1) is 16.7 Å². The molecule has 0 aliphatic rings. The van der Waals surface area contributed by atoms with Gasteiger partial charge in [0, 0.05) is 28.6 Å². The number of aromatic nitrogens is 2. The van der Waals surface area contributed by atoms with Crippen molar-refractivity contribution in [2.75, 3.05) is 0 Å². The Hall–Kier alpha value is -4.95. The first-order chi connectivity index (χ1) is 18.4. The van der Waals surface area contributed by atoms with Crippen LogP contribution in [0, 0.1) is 0 Å². The third kappa shape index (κ3) is 2.42. The number of rotatable bonds is 1. The number of hydrogen-bond donors (Lipinski definition) is 0. The summed E-state index contributed by atoms with van der Waals surface area (Å²) in [6.07, 6.45) is 3.95. The Morgan fingerprint density at radius 3 is 2.05 bits per heavy atom. The van der Waals surface area contributed by atoms with E-state index < -0.39 is 0 Å². The Labute approximate surface area is 212 Å². The zero-order valence-corrected chi connectivity index (χ0v) is 19.9. The van der Waals surface area contributed by atoms with E-state index in [1.54, 1.807) is 0 Å². The summed E-state index contributed by atoms with van der Waals surface area (Å²) >= 11 is 0. The summed E-state index contributed by atoms with van der Waals surface area (Å²) in [6, 6.07) is 40.1. The molecule has 0 saturated heterocycles. The van der Waals surface area contributed by atoms with Gasteiger partial charge in [-0.2, -0.15) is 0 Å². The Morgan fingerprint density at radius 2 is 1.16 bits per heavy atom. The number of fused-ring (bicyclic) bond motifs is 7. The fraction of sp³-hybridized carbons (Fsp3) is 0. The molecular formula is C35H20N2. The summed E-state index contributed by atoms with van der Waals surface area (Å²) in [5, 5.41) is 15.3. The van der Waals surface area contributed by atoms with Gasteiger partial charge in [-0.15, -0.1) is 0 Å². The molecular weight excluding hydrogens is 448 g/mol. The Kier molecular flexibility index (Phi) is 3.56. The minimum absolute atomic E-state index is 1.18. The van der Waals surface area contributed by atoms with Crippen molar-refractivity contribution in [1.82, 2.24) is 9.55 Å². The Balaban J connectivity index is 1.55. The topological polar surface area (TPSA) is 17.8 Å². The van der Waals surface area contributed by atoms with Gasteiger partial charge < -0.3 is 4.57 Å². The van der Waals surface area contributed by atoms with Crippen LogP contribution in [0.1, 0.15) is 0 Å². The van der Waals surface area contributed by atoms with Gasteiger partial charge in [-0.05, 0) is 66.7 Å². The van der Waals surface area contributed by atoms with E-state index in [-0.39, 0.29) is 0 Å². The molecule has 0 amide bonds. The number of nitrogens with zero attached hydrogens (tertiary/aromatic N) is 2. The normalized spacial score (nSPS) is 12.3. The molecule has 0 spiro atoms. The van der Waals surface area contributed by atoms with Gasteiger partial charge in [-0.1, -0.05) is 91.0 Å². The summed E-state index contributed by atoms with van der Waals surface area (Å²) in [7, 11) is 0. The highest BCUT2D eigenvalue weighted by atomic mass is 15.0. The molecule has 170 valence electrons. The van der Waals surface area contributed by atoms with E-state index in [4.69, 9.17) is 0 Å². The minimum Gasteiger partial charge on any atom is -0.308 e. The van der Waals surface area contributed by atoms with Crippen molar-refractivity contribution in [2.24, 2.45) is 0 Å². The second-order valence-corrected chi connectivity index (χ2v) is 10.0. The van der Waals surface area contributed by atoms with Crippen molar-refractivity contribution in [3.05, 3.63) is 122 Å². The first kappa shape index (κ1) is 19.3. The maximum absolute atomic E-state index is 4.58. The van der Waals surface area contributed by atoms with E-state index in [2.05, 4.69) is 119 Å². The average Bonchev–Trinajstić information content (AvgIpc) is 3.29. The predicted molar refractivity (Wildman–Crippen MR) is 157 cm³/mol. The van der Waals surface area contributed by atoms with Crippen LogP contribution in [-0.4, -0.2) is 9.55 Å². The minimum atomic E-state index is 1.18. The molecule has 2 aromatic heterocycles. The first-order valence-corrected chi connectivity index (χ1v) is 12.7. The molecule has 0 radical (unpaired) electrons. The molecule has 2 heterocycles. The zero-order chi connectivity index (χ0) is 24.1. The summed E-state index contributed by atoms with van der Waals surface area (Å²) in [6.45, 7) is 0. The van der Waals surface area contributed by atoms with Gasteiger partial charge in [0.2, 0.25) is 0 Å². The summed E-state index contributed by atoms with van der Waals surface area (Å²) in [5.41, 5.74) is 3.60. The van der Waals surface area contributed by atoms with Gasteiger partial charge in [0.25, 0.3) is 0 Å². The van der Waals surface area contributed by atoms with Gasteiger partial charge in [-0.3, -0.25) is 4.98 Å². The van der Waals surface area contributed by atoms with Crippen molar-refractivity contribution in [2.45, 2.75) is 0 Å². The van der Waals surface area contributed by atoms with E-state index in [1.165, 1.54) is 81.4 Å². The van der Waals surface area contributed by atoms with E-state index in [1.807, 2.05) is 12.4 Å². The molecule has 7 aromatic carbocycles. The monoisotopic (exact) mass is 468 g/mol. The van der Waals surface area contributed by atoms with Crippen LogP contribution in [0.5, 0.6) is 0 Å². The quantitative estimate of drug-likeness (QED) is 0.219. The fourth-order valence-corrected chi connectivity index (χ4v) is 6.64. The summed E-state index contributed by atoms with van der Waals surface area (Å²) in [4.78, 5) is 4.58. The van der Waals surface area contributed by atoms with Crippen molar-refractivity contribution < 1.29 is 0 Å². The lowest BCUT2D eigenvalue weighted by Gasteiger charge is -2.15. The van der Waals surface area contributed by atoms with E-state index >= 15 is 0 Å². The van der Waals surface area contributed by atoms with Crippen LogP contribution >= 0.6 is 0 Å². The maximum Gasteiger partial charge on any atom is 0.0572 e. The molecule has 2 nitrogen and oxygen atoms in total. The predicted octanol–water partition coefficient (Wildman–Crippen LogP) is 9.38. The highest BCUT2D eigenvalue weighted by Gasteiger charge is 2.20. The standard InChI is InChI=1S/C35H20N2/c1-2-9-25-23(6-1)18-31(27-11-4-3-10-26(25)27)37-30-16-17-36-20-29(30)35-28-15-14-22-8-5-7-21-12-13-24(19-32(35)37)34(28)33(21)22/h1-20H. The van der Waals surface area contributed by atoms with Gasteiger partial charge >= 0.3 is 0 Å². The van der Waals surface area contributed by atoms with Crippen molar-refractivity contribution >= 4 is 75.7 Å². The van der Waals surface area contributed by atoms with Crippen molar-refractivity contribution in [1.29, 1.82) is 0 Å². The fourth-order valence-electron chi connectivity index (χ4n) is 6.64. The maximum atomic E-state index is 4.58. The second kappa shape index (κ2) is 6.83. The zero-order valence-electron chi connectivity index (χ0n) is 19.9. The van der Waals surface area contributed by atoms with E-state index in [0.717, 1.165) is 0 Å². The third-order valence-electron chi connectivity index (χ3n) is 8.16. The van der Waals surface area contributed by atoms with Crippen LogP contribution in [0.4, 0.5) is 0 Å². The molecule has 0 bridgehead atoms. The molecule has 0 aliphatic heterocycles. The molecule has 9 rings (SSSR count). The van der Waals surface area contributed by atoms with Gasteiger partial charge in [-0.25, -0.2) is 0 Å². The average molecular weight is 469 g/mol. The van der Waals surface area contributed by atoms with Gasteiger partial charge in [0.15, 0.2) is 0 Å². The second-order valence-electron chi connectivity index (χ2n) is 10.0. The lowest BCUT2D eigenvalue weighted by molar-refractivity contribution is 1.20. The molecule has 0 saturated carbocycles. The molecule has 9 aromatic rings. The van der Waals surface area contributed by atoms with E-state index in [0.29, 0.717) is 0 Å². The lowest BCUT2D eigenvalue weighted by atomic mass is 9.92. The van der Waals surface area contributed by atoms with Crippen LogP contribution in [-0.2, 0) is 0 Å².